The Morgan fingerprint density at radius 3 is 2.50 bits per heavy atom. The van der Waals surface area contributed by atoms with Crippen molar-refractivity contribution >= 4 is 41.0 Å². The van der Waals surface area contributed by atoms with Gasteiger partial charge in [0.15, 0.2) is 0 Å². The number of amides is 3. The number of carbonyl (C=O) groups excluding carboxylic acids is 3. The van der Waals surface area contributed by atoms with Gasteiger partial charge in [-0.05, 0) is 31.9 Å². The molecule has 0 radical (unpaired) electrons. The second kappa shape index (κ2) is 12.4. The highest BCUT2D eigenvalue weighted by Crippen LogP contribution is 2.32. The van der Waals surface area contributed by atoms with Crippen molar-refractivity contribution in [3.05, 3.63) is 52.6 Å². The molecule has 0 unspecified atom stereocenters. The van der Waals surface area contributed by atoms with E-state index in [2.05, 4.69) is 16.5 Å². The van der Waals surface area contributed by atoms with Crippen molar-refractivity contribution < 1.29 is 19.1 Å². The highest BCUT2D eigenvalue weighted by atomic mass is 32.2. The standard InChI is InChI=1S/C25H31N5O4S2/c1-3-16-35-22-19(6-5-9-26-22)23(31)28-10-7-18(8-11-28)21-27-20(17-36-21)24(32)29-12-14-30(15-13-29)25(33)34-4-2/h3,5-6,9,17-18H,1,4,7-8,10-16H2,2H3. The zero-order chi connectivity index (χ0) is 25.5. The zero-order valence-electron chi connectivity index (χ0n) is 20.4. The van der Waals surface area contributed by atoms with Gasteiger partial charge in [-0.15, -0.1) is 29.7 Å². The van der Waals surface area contributed by atoms with E-state index in [4.69, 9.17) is 4.74 Å². The van der Waals surface area contributed by atoms with Gasteiger partial charge in [-0.2, -0.15) is 0 Å². The maximum absolute atomic E-state index is 13.1. The molecule has 0 aromatic carbocycles. The number of thioether (sulfide) groups is 1. The Bertz CT molecular complexity index is 1090. The largest absolute Gasteiger partial charge is 0.450 e. The molecule has 11 heteroatoms. The quantitative estimate of drug-likeness (QED) is 0.398. The van der Waals surface area contributed by atoms with Crippen LogP contribution in [0.2, 0.25) is 0 Å². The van der Waals surface area contributed by atoms with Gasteiger partial charge in [0.1, 0.15) is 10.7 Å². The van der Waals surface area contributed by atoms with Gasteiger partial charge in [-0.25, -0.2) is 14.8 Å². The minimum Gasteiger partial charge on any atom is -0.450 e. The first-order valence-corrected chi connectivity index (χ1v) is 14.0. The van der Waals surface area contributed by atoms with Crippen LogP contribution >= 0.6 is 23.1 Å². The fourth-order valence-corrected chi connectivity index (χ4v) is 6.04. The highest BCUT2D eigenvalue weighted by molar-refractivity contribution is 7.99. The maximum atomic E-state index is 13.1. The summed E-state index contributed by atoms with van der Waals surface area (Å²) in [5.74, 6) is 0.829. The Balaban J connectivity index is 1.31. The summed E-state index contributed by atoms with van der Waals surface area (Å²) >= 11 is 3.02. The Morgan fingerprint density at radius 1 is 1.11 bits per heavy atom. The van der Waals surface area contributed by atoms with E-state index >= 15 is 0 Å². The molecule has 2 aliphatic rings. The number of likely N-dealkylation sites (tertiary alicyclic amines) is 1. The van der Waals surface area contributed by atoms with E-state index in [1.54, 1.807) is 35.1 Å². The van der Waals surface area contributed by atoms with Crippen molar-refractivity contribution in [2.24, 2.45) is 0 Å². The molecule has 2 aromatic rings. The second-order valence-corrected chi connectivity index (χ2v) is 10.5. The van der Waals surface area contributed by atoms with Crippen LogP contribution in [0.4, 0.5) is 4.79 Å². The predicted molar refractivity (Wildman–Crippen MR) is 140 cm³/mol. The molecule has 9 nitrogen and oxygen atoms in total. The minimum atomic E-state index is -0.333. The molecule has 0 spiro atoms. The molecule has 2 aliphatic heterocycles. The van der Waals surface area contributed by atoms with Crippen molar-refractivity contribution in [3.63, 3.8) is 0 Å². The molecule has 0 N–H and O–H groups in total. The first-order valence-electron chi connectivity index (χ1n) is 12.2. The topological polar surface area (TPSA) is 95.9 Å². The summed E-state index contributed by atoms with van der Waals surface area (Å²) in [4.78, 5) is 52.3. The molecule has 36 heavy (non-hydrogen) atoms. The molecule has 4 rings (SSSR count). The molecule has 2 fully saturated rings. The fourth-order valence-electron chi connectivity index (χ4n) is 4.35. The normalized spacial score (nSPS) is 16.6. The number of carbonyl (C=O) groups is 3. The lowest BCUT2D eigenvalue weighted by molar-refractivity contribution is 0.0566. The Labute approximate surface area is 219 Å². The number of rotatable bonds is 7. The number of hydrogen-bond donors (Lipinski definition) is 0. The average Bonchev–Trinajstić information content (AvgIpc) is 3.42. The van der Waals surface area contributed by atoms with Crippen molar-refractivity contribution in [1.29, 1.82) is 0 Å². The lowest BCUT2D eigenvalue weighted by atomic mass is 9.97. The van der Waals surface area contributed by atoms with Gasteiger partial charge in [0.2, 0.25) is 0 Å². The molecule has 4 heterocycles. The van der Waals surface area contributed by atoms with E-state index in [9.17, 15) is 14.4 Å². The molecule has 0 bridgehead atoms. The molecule has 192 valence electrons. The number of thiazole rings is 1. The lowest BCUT2D eigenvalue weighted by Crippen LogP contribution is -2.50. The predicted octanol–water partition coefficient (Wildman–Crippen LogP) is 3.75. The Hall–Kier alpha value is -2.92. The molecule has 0 aliphatic carbocycles. The number of ether oxygens (including phenoxy) is 1. The summed E-state index contributed by atoms with van der Waals surface area (Å²) in [6.45, 7) is 8.98. The van der Waals surface area contributed by atoms with E-state index in [1.807, 2.05) is 16.3 Å². The van der Waals surface area contributed by atoms with Crippen LogP contribution in [0.5, 0.6) is 0 Å². The summed E-state index contributed by atoms with van der Waals surface area (Å²) in [7, 11) is 0. The monoisotopic (exact) mass is 529 g/mol. The van der Waals surface area contributed by atoms with Gasteiger partial charge >= 0.3 is 6.09 Å². The first-order chi connectivity index (χ1) is 17.5. The molecular weight excluding hydrogens is 498 g/mol. The fraction of sp³-hybridized carbons (Fsp3) is 0.480. The number of nitrogens with zero attached hydrogens (tertiary/aromatic N) is 5. The first kappa shape index (κ1) is 26.2. The van der Waals surface area contributed by atoms with E-state index in [-0.39, 0.29) is 23.8 Å². The van der Waals surface area contributed by atoms with Gasteiger partial charge in [-0.3, -0.25) is 9.59 Å². The minimum absolute atomic E-state index is 0.00470. The number of pyridine rings is 1. The number of piperidine rings is 1. The van der Waals surface area contributed by atoms with Crippen LogP contribution in [0, 0.1) is 0 Å². The Kier molecular flexibility index (Phi) is 8.98. The molecule has 0 atom stereocenters. The summed E-state index contributed by atoms with van der Waals surface area (Å²) in [6, 6.07) is 3.63. The SMILES string of the molecule is C=CCSc1ncccc1C(=O)N1CCC(c2nc(C(=O)N3CCN(C(=O)OCC)CC3)cs2)CC1. The molecule has 2 aromatic heterocycles. The van der Waals surface area contributed by atoms with Gasteiger partial charge in [0, 0.05) is 62.5 Å². The van der Waals surface area contributed by atoms with Gasteiger partial charge < -0.3 is 19.4 Å². The van der Waals surface area contributed by atoms with Crippen LogP contribution < -0.4 is 0 Å². The van der Waals surface area contributed by atoms with Gasteiger partial charge in [0.05, 0.1) is 17.2 Å². The van der Waals surface area contributed by atoms with Crippen molar-refractivity contribution in [1.82, 2.24) is 24.7 Å². The van der Waals surface area contributed by atoms with Crippen molar-refractivity contribution in [3.8, 4) is 0 Å². The molecule has 3 amide bonds. The van der Waals surface area contributed by atoms with Crippen LogP contribution in [0.1, 0.15) is 51.5 Å². The van der Waals surface area contributed by atoms with Crippen molar-refractivity contribution in [2.45, 2.75) is 30.7 Å². The van der Waals surface area contributed by atoms with Crippen LogP contribution in [0.3, 0.4) is 0 Å². The van der Waals surface area contributed by atoms with E-state index in [0.717, 1.165) is 22.9 Å². The third-order valence-electron chi connectivity index (χ3n) is 6.30. The summed E-state index contributed by atoms with van der Waals surface area (Å²) in [5, 5.41) is 3.50. The second-order valence-electron chi connectivity index (χ2n) is 8.57. The maximum Gasteiger partial charge on any atom is 0.409 e. The van der Waals surface area contributed by atoms with Gasteiger partial charge in [-0.1, -0.05) is 6.08 Å². The summed E-state index contributed by atoms with van der Waals surface area (Å²) in [5.41, 5.74) is 1.09. The third kappa shape index (κ3) is 6.07. The molecule has 2 saturated heterocycles. The highest BCUT2D eigenvalue weighted by Gasteiger charge is 2.30. The third-order valence-corrected chi connectivity index (χ3v) is 8.31. The summed E-state index contributed by atoms with van der Waals surface area (Å²) in [6.07, 6.45) is 4.78. The van der Waals surface area contributed by atoms with Crippen LogP contribution in [0.15, 0.2) is 41.4 Å². The number of hydrogen-bond acceptors (Lipinski definition) is 8. The molecule has 0 saturated carbocycles. The number of piperazine rings is 1. The molecular formula is C25H31N5O4S2. The van der Waals surface area contributed by atoms with E-state index < -0.39 is 0 Å². The smallest absolute Gasteiger partial charge is 0.409 e. The van der Waals surface area contributed by atoms with Gasteiger partial charge in [0.25, 0.3) is 11.8 Å². The summed E-state index contributed by atoms with van der Waals surface area (Å²) < 4.78 is 5.04. The average molecular weight is 530 g/mol. The lowest BCUT2D eigenvalue weighted by Gasteiger charge is -2.33. The zero-order valence-corrected chi connectivity index (χ0v) is 22.1. The van der Waals surface area contributed by atoms with Crippen LogP contribution in [-0.2, 0) is 4.74 Å². The van der Waals surface area contributed by atoms with E-state index in [1.165, 1.54) is 23.1 Å². The van der Waals surface area contributed by atoms with Crippen LogP contribution in [-0.4, -0.2) is 94.2 Å². The van der Waals surface area contributed by atoms with E-state index in [0.29, 0.717) is 62.9 Å². The Morgan fingerprint density at radius 2 is 1.81 bits per heavy atom. The number of aromatic nitrogens is 2. The van der Waals surface area contributed by atoms with Crippen LogP contribution in [0.25, 0.3) is 0 Å². The van der Waals surface area contributed by atoms with Crippen molar-refractivity contribution in [2.75, 3.05) is 51.6 Å².